The predicted molar refractivity (Wildman–Crippen MR) is 123 cm³/mol. The molecule has 0 saturated heterocycles. The van der Waals surface area contributed by atoms with Crippen LogP contribution < -0.4 is 0 Å². The molecule has 0 N–H and O–H groups in total. The second-order valence-electron chi connectivity index (χ2n) is 7.74. The van der Waals surface area contributed by atoms with Gasteiger partial charge in [0.25, 0.3) is 0 Å². The van der Waals surface area contributed by atoms with Crippen molar-refractivity contribution >= 4 is 52.4 Å². The number of aromatic nitrogens is 2. The fourth-order valence-electron chi connectivity index (χ4n) is 2.87. The van der Waals surface area contributed by atoms with Crippen LogP contribution in [0.25, 0.3) is 16.9 Å². The third-order valence-electron chi connectivity index (χ3n) is 4.12. The van der Waals surface area contributed by atoms with Crippen molar-refractivity contribution in [2.45, 2.75) is 39.2 Å². The molecular weight excluding hydrogens is 466 g/mol. The van der Waals surface area contributed by atoms with Crippen LogP contribution in [0.1, 0.15) is 32.9 Å². The van der Waals surface area contributed by atoms with E-state index >= 15 is 0 Å². The molecule has 0 saturated carbocycles. The van der Waals surface area contributed by atoms with Gasteiger partial charge in [0.15, 0.2) is 0 Å². The second-order valence-corrected chi connectivity index (χ2v) is 9.40. The summed E-state index contributed by atoms with van der Waals surface area (Å²) in [4.78, 5) is 12.1. The van der Waals surface area contributed by atoms with E-state index in [2.05, 4.69) is 5.10 Å². The zero-order valence-electron chi connectivity index (χ0n) is 16.7. The van der Waals surface area contributed by atoms with Gasteiger partial charge in [0.1, 0.15) is 5.60 Å². The Morgan fingerprint density at radius 1 is 0.967 bits per heavy atom. The van der Waals surface area contributed by atoms with Gasteiger partial charge in [-0.3, -0.25) is 4.79 Å². The van der Waals surface area contributed by atoms with Crippen LogP contribution in [0.5, 0.6) is 0 Å². The lowest BCUT2D eigenvalue weighted by Gasteiger charge is -2.19. The number of carbonyl (C=O) groups excluding carboxylic acids is 1. The van der Waals surface area contributed by atoms with E-state index in [9.17, 15) is 4.79 Å². The maximum Gasteiger partial charge on any atom is 0.306 e. The van der Waals surface area contributed by atoms with E-state index in [1.165, 1.54) is 0 Å². The molecule has 0 radical (unpaired) electrons. The van der Waals surface area contributed by atoms with Crippen molar-refractivity contribution in [2.75, 3.05) is 0 Å². The summed E-state index contributed by atoms with van der Waals surface area (Å²) in [5, 5.41) is 6.54. The van der Waals surface area contributed by atoms with Gasteiger partial charge in [-0.1, -0.05) is 52.5 Å². The highest BCUT2D eigenvalue weighted by molar-refractivity contribution is 6.42. The average Bonchev–Trinajstić information content (AvgIpc) is 3.05. The number of nitrogens with zero attached hydrogens (tertiary/aromatic N) is 2. The monoisotopic (exact) mass is 484 g/mol. The lowest BCUT2D eigenvalue weighted by molar-refractivity contribution is -0.154. The quantitative estimate of drug-likeness (QED) is 0.353. The second kappa shape index (κ2) is 9.19. The summed E-state index contributed by atoms with van der Waals surface area (Å²) in [5.41, 5.74) is 2.42. The number of ether oxygens (including phenoxy) is 1. The first-order valence-electron chi connectivity index (χ1n) is 9.25. The molecule has 158 valence electrons. The highest BCUT2D eigenvalue weighted by Gasteiger charge is 2.19. The Morgan fingerprint density at radius 3 is 2.33 bits per heavy atom. The molecule has 0 amide bonds. The highest BCUT2D eigenvalue weighted by atomic mass is 35.5. The maximum atomic E-state index is 12.1. The number of carbonyl (C=O) groups is 1. The molecule has 3 rings (SSSR count). The van der Waals surface area contributed by atoms with Gasteiger partial charge < -0.3 is 4.74 Å². The summed E-state index contributed by atoms with van der Waals surface area (Å²) in [6.45, 7) is 5.51. The van der Waals surface area contributed by atoms with Gasteiger partial charge in [0.05, 0.1) is 38.6 Å². The molecule has 4 nitrogen and oxygen atoms in total. The lowest BCUT2D eigenvalue weighted by Crippen LogP contribution is -2.24. The third-order valence-corrected chi connectivity index (χ3v) is 5.40. The topological polar surface area (TPSA) is 44.1 Å². The fraction of sp³-hybridized carbons (Fsp3) is 0.273. The molecule has 0 aliphatic rings. The van der Waals surface area contributed by atoms with Gasteiger partial charge >= 0.3 is 5.97 Å². The van der Waals surface area contributed by atoms with E-state index in [1.54, 1.807) is 35.0 Å². The minimum Gasteiger partial charge on any atom is -0.460 e. The molecule has 0 aliphatic heterocycles. The first-order chi connectivity index (χ1) is 14.0. The molecule has 3 aromatic rings. The minimum atomic E-state index is -0.529. The SMILES string of the molecule is CC(C)(C)OC(=O)CCc1cc(-c2ccc(Cl)c(Cl)c2)n(-c2ccc(Cl)cc2Cl)n1. The molecule has 8 heteroatoms. The van der Waals surface area contributed by atoms with E-state index in [0.717, 1.165) is 11.3 Å². The minimum absolute atomic E-state index is 0.212. The standard InChI is InChI=1S/C22H20Cl4N2O2/c1-22(2,3)30-21(29)9-6-15-12-20(13-4-7-16(24)17(25)10-13)28(27-15)19-8-5-14(23)11-18(19)26/h4-5,7-8,10-12H,6,9H2,1-3H3. The van der Waals surface area contributed by atoms with Gasteiger partial charge in [-0.25, -0.2) is 4.68 Å². The van der Waals surface area contributed by atoms with Crippen molar-refractivity contribution in [3.8, 4) is 16.9 Å². The van der Waals surface area contributed by atoms with Gasteiger partial charge in [-0.05, 0) is 57.2 Å². The van der Waals surface area contributed by atoms with Gasteiger partial charge in [0.2, 0.25) is 0 Å². The van der Waals surface area contributed by atoms with Crippen LogP contribution in [0, 0.1) is 0 Å². The molecule has 2 aromatic carbocycles. The number of rotatable bonds is 5. The number of aryl methyl sites for hydroxylation is 1. The highest BCUT2D eigenvalue weighted by Crippen LogP contribution is 2.33. The van der Waals surface area contributed by atoms with Crippen molar-refractivity contribution in [3.63, 3.8) is 0 Å². The van der Waals surface area contributed by atoms with Gasteiger partial charge in [-0.15, -0.1) is 0 Å². The average molecular weight is 486 g/mol. The zero-order valence-corrected chi connectivity index (χ0v) is 19.7. The van der Waals surface area contributed by atoms with Crippen molar-refractivity contribution in [2.24, 2.45) is 0 Å². The van der Waals surface area contributed by atoms with Crippen LogP contribution in [0.4, 0.5) is 0 Å². The van der Waals surface area contributed by atoms with Crippen LogP contribution in [0.15, 0.2) is 42.5 Å². The van der Waals surface area contributed by atoms with Crippen LogP contribution >= 0.6 is 46.4 Å². The van der Waals surface area contributed by atoms with Crippen molar-refractivity contribution in [3.05, 3.63) is 68.2 Å². The van der Waals surface area contributed by atoms with Crippen molar-refractivity contribution < 1.29 is 9.53 Å². The smallest absolute Gasteiger partial charge is 0.306 e. The van der Waals surface area contributed by atoms with Crippen LogP contribution in [-0.4, -0.2) is 21.4 Å². The largest absolute Gasteiger partial charge is 0.460 e. The Labute approximate surface area is 195 Å². The number of hydrogen-bond donors (Lipinski definition) is 0. The number of esters is 1. The van der Waals surface area contributed by atoms with Crippen molar-refractivity contribution in [1.29, 1.82) is 0 Å². The summed E-state index contributed by atoms with van der Waals surface area (Å²) in [5.74, 6) is -0.280. The number of benzene rings is 2. The molecule has 0 bridgehead atoms. The summed E-state index contributed by atoms with van der Waals surface area (Å²) in [7, 11) is 0. The van der Waals surface area contributed by atoms with E-state index in [4.69, 9.17) is 51.1 Å². The Balaban J connectivity index is 1.99. The van der Waals surface area contributed by atoms with E-state index in [1.807, 2.05) is 32.9 Å². The molecule has 0 fully saturated rings. The van der Waals surface area contributed by atoms with E-state index < -0.39 is 5.60 Å². The summed E-state index contributed by atoms with van der Waals surface area (Å²) < 4.78 is 7.10. The molecular formula is C22H20Cl4N2O2. The number of hydrogen-bond acceptors (Lipinski definition) is 3. The molecule has 30 heavy (non-hydrogen) atoms. The zero-order chi connectivity index (χ0) is 22.1. The molecule has 0 aliphatic carbocycles. The van der Waals surface area contributed by atoms with Gasteiger partial charge in [-0.2, -0.15) is 5.10 Å². The fourth-order valence-corrected chi connectivity index (χ4v) is 3.66. The van der Waals surface area contributed by atoms with Crippen LogP contribution in [0.3, 0.4) is 0 Å². The number of halogens is 4. The predicted octanol–water partition coefficient (Wildman–Crippen LogP) is 7.43. The Bertz CT molecular complexity index is 1090. The Morgan fingerprint density at radius 2 is 1.70 bits per heavy atom. The van der Waals surface area contributed by atoms with Gasteiger partial charge in [0, 0.05) is 17.0 Å². The summed E-state index contributed by atoms with van der Waals surface area (Å²) >= 11 is 24.8. The lowest BCUT2D eigenvalue weighted by atomic mass is 10.1. The maximum absolute atomic E-state index is 12.1. The summed E-state index contributed by atoms with van der Waals surface area (Å²) in [6, 6.07) is 12.4. The molecule has 0 unspecified atom stereocenters. The first-order valence-corrected chi connectivity index (χ1v) is 10.8. The molecule has 0 atom stereocenters. The third kappa shape index (κ3) is 5.70. The van der Waals surface area contributed by atoms with Crippen LogP contribution in [0.2, 0.25) is 20.1 Å². The molecule has 1 heterocycles. The normalized spacial score (nSPS) is 11.6. The van der Waals surface area contributed by atoms with Crippen LogP contribution in [-0.2, 0) is 16.0 Å². The van der Waals surface area contributed by atoms with E-state index in [0.29, 0.717) is 37.9 Å². The van der Waals surface area contributed by atoms with E-state index in [-0.39, 0.29) is 12.4 Å². The first kappa shape index (κ1) is 23.0. The Hall–Kier alpha value is -1.72. The Kier molecular flexibility index (Phi) is 7.03. The molecule has 0 spiro atoms. The van der Waals surface area contributed by atoms with Crippen molar-refractivity contribution in [1.82, 2.24) is 9.78 Å². The molecule has 1 aromatic heterocycles. The summed E-state index contributed by atoms with van der Waals surface area (Å²) in [6.07, 6.45) is 0.630.